The minimum Gasteiger partial charge on any atom is -0.392 e. The molecule has 0 radical (unpaired) electrons. The number of nitriles is 1. The number of aromatic nitrogens is 4. The molecule has 1 N–H and O–H groups in total. The van der Waals surface area contributed by atoms with Gasteiger partial charge in [-0.05, 0) is 28.1 Å². The summed E-state index contributed by atoms with van der Waals surface area (Å²) >= 11 is 0. The van der Waals surface area contributed by atoms with Crippen LogP contribution in [0.1, 0.15) is 11.1 Å². The number of tetrazole rings is 1. The molecule has 74 valence electrons. The van der Waals surface area contributed by atoms with E-state index in [0.29, 0.717) is 16.8 Å². The monoisotopic (exact) mass is 201 g/mol. The van der Waals surface area contributed by atoms with Crippen molar-refractivity contribution >= 4 is 0 Å². The Hall–Kier alpha value is -2.26. The zero-order valence-corrected chi connectivity index (χ0v) is 7.70. The van der Waals surface area contributed by atoms with Crippen LogP contribution in [0.5, 0.6) is 0 Å². The van der Waals surface area contributed by atoms with Crippen LogP contribution in [0.3, 0.4) is 0 Å². The Labute approximate surface area is 85.4 Å². The number of hydrogen-bond acceptors (Lipinski definition) is 5. The fourth-order valence-electron chi connectivity index (χ4n) is 1.24. The van der Waals surface area contributed by atoms with E-state index in [-0.39, 0.29) is 6.61 Å². The third kappa shape index (κ3) is 1.68. The van der Waals surface area contributed by atoms with Crippen molar-refractivity contribution in [2.75, 3.05) is 0 Å². The summed E-state index contributed by atoms with van der Waals surface area (Å²) in [6.45, 7) is -0.0927. The summed E-state index contributed by atoms with van der Waals surface area (Å²) in [5, 5.41) is 28.5. The second kappa shape index (κ2) is 3.86. The number of nitrogens with zero attached hydrogens (tertiary/aromatic N) is 5. The Morgan fingerprint density at radius 1 is 1.47 bits per heavy atom. The van der Waals surface area contributed by atoms with Crippen LogP contribution in [0, 0.1) is 11.3 Å². The Bertz CT molecular complexity index is 500. The van der Waals surface area contributed by atoms with Crippen molar-refractivity contribution < 1.29 is 5.11 Å². The van der Waals surface area contributed by atoms with Gasteiger partial charge in [-0.15, -0.1) is 5.10 Å². The highest BCUT2D eigenvalue weighted by Crippen LogP contribution is 2.14. The summed E-state index contributed by atoms with van der Waals surface area (Å²) in [7, 11) is 0. The summed E-state index contributed by atoms with van der Waals surface area (Å²) in [4.78, 5) is 0. The number of aliphatic hydroxyl groups excluding tert-OH is 1. The lowest BCUT2D eigenvalue weighted by molar-refractivity contribution is 0.282. The van der Waals surface area contributed by atoms with E-state index in [4.69, 9.17) is 10.4 Å². The van der Waals surface area contributed by atoms with Gasteiger partial charge in [-0.25, -0.2) is 0 Å². The summed E-state index contributed by atoms with van der Waals surface area (Å²) in [5.74, 6) is 0. The lowest BCUT2D eigenvalue weighted by Crippen LogP contribution is -1.99. The van der Waals surface area contributed by atoms with Crippen molar-refractivity contribution in [3.63, 3.8) is 0 Å². The van der Waals surface area contributed by atoms with E-state index in [9.17, 15) is 0 Å². The van der Waals surface area contributed by atoms with Gasteiger partial charge in [-0.1, -0.05) is 6.07 Å². The maximum Gasteiger partial charge on any atom is 0.143 e. The summed E-state index contributed by atoms with van der Waals surface area (Å²) in [6, 6.07) is 7.05. The standard InChI is InChI=1S/C9H7N5O/c10-4-8-3-7(5-15)1-2-9(8)14-6-11-12-13-14/h1-3,6,15H,5H2. The molecule has 1 aromatic carbocycles. The van der Waals surface area contributed by atoms with Crippen molar-refractivity contribution in [2.45, 2.75) is 6.61 Å². The normalized spacial score (nSPS) is 9.87. The van der Waals surface area contributed by atoms with Crippen LogP contribution in [0.4, 0.5) is 0 Å². The number of benzene rings is 1. The first-order valence-electron chi connectivity index (χ1n) is 4.22. The van der Waals surface area contributed by atoms with Crippen LogP contribution >= 0.6 is 0 Å². The second-order valence-electron chi connectivity index (χ2n) is 2.88. The second-order valence-corrected chi connectivity index (χ2v) is 2.88. The highest BCUT2D eigenvalue weighted by atomic mass is 16.3. The predicted molar refractivity (Wildman–Crippen MR) is 49.8 cm³/mol. The van der Waals surface area contributed by atoms with Crippen molar-refractivity contribution in [2.24, 2.45) is 0 Å². The molecule has 0 aliphatic carbocycles. The van der Waals surface area contributed by atoms with Gasteiger partial charge in [-0.2, -0.15) is 9.94 Å². The molecule has 6 nitrogen and oxygen atoms in total. The highest BCUT2D eigenvalue weighted by molar-refractivity contribution is 5.49. The average Bonchev–Trinajstić information content (AvgIpc) is 2.81. The Morgan fingerprint density at radius 3 is 2.93 bits per heavy atom. The van der Waals surface area contributed by atoms with E-state index in [1.165, 1.54) is 11.0 Å². The zero-order chi connectivity index (χ0) is 10.7. The third-order valence-corrected chi connectivity index (χ3v) is 1.96. The van der Waals surface area contributed by atoms with E-state index in [0.717, 1.165) is 0 Å². The lowest BCUT2D eigenvalue weighted by atomic mass is 10.1. The summed E-state index contributed by atoms with van der Waals surface area (Å²) < 4.78 is 1.40. The van der Waals surface area contributed by atoms with Crippen LogP contribution in [-0.2, 0) is 6.61 Å². The van der Waals surface area contributed by atoms with Crippen LogP contribution in [0.25, 0.3) is 5.69 Å². The molecule has 0 saturated carbocycles. The molecule has 6 heteroatoms. The molecule has 2 aromatic rings. The fourth-order valence-corrected chi connectivity index (χ4v) is 1.24. The van der Waals surface area contributed by atoms with E-state index < -0.39 is 0 Å². The fraction of sp³-hybridized carbons (Fsp3) is 0.111. The van der Waals surface area contributed by atoms with Crippen LogP contribution in [-0.4, -0.2) is 25.3 Å². The van der Waals surface area contributed by atoms with Gasteiger partial charge in [0, 0.05) is 0 Å². The number of hydrogen-bond donors (Lipinski definition) is 1. The quantitative estimate of drug-likeness (QED) is 0.740. The molecule has 0 atom stereocenters. The highest BCUT2D eigenvalue weighted by Gasteiger charge is 2.06. The van der Waals surface area contributed by atoms with Gasteiger partial charge < -0.3 is 5.11 Å². The van der Waals surface area contributed by atoms with Gasteiger partial charge >= 0.3 is 0 Å². The first kappa shape index (κ1) is 9.30. The molecule has 0 aliphatic rings. The molecule has 1 aromatic heterocycles. The van der Waals surface area contributed by atoms with Crippen molar-refractivity contribution in [1.82, 2.24) is 20.2 Å². The Morgan fingerprint density at radius 2 is 2.33 bits per heavy atom. The van der Waals surface area contributed by atoms with Crippen molar-refractivity contribution in [3.05, 3.63) is 35.7 Å². The van der Waals surface area contributed by atoms with E-state index in [2.05, 4.69) is 15.5 Å². The molecule has 0 saturated heterocycles. The molecule has 0 amide bonds. The van der Waals surface area contributed by atoms with Crippen LogP contribution in [0.2, 0.25) is 0 Å². The maximum atomic E-state index is 8.92. The summed E-state index contributed by atoms with van der Waals surface area (Å²) in [5.41, 5.74) is 1.71. The molecular weight excluding hydrogens is 194 g/mol. The molecule has 0 bridgehead atoms. The predicted octanol–water partition coefficient (Wildman–Crippen LogP) is 0.0263. The molecule has 0 spiro atoms. The Kier molecular flexibility index (Phi) is 2.39. The minimum atomic E-state index is -0.0927. The maximum absolute atomic E-state index is 8.92. The van der Waals surface area contributed by atoms with Crippen molar-refractivity contribution in [1.29, 1.82) is 5.26 Å². The zero-order valence-electron chi connectivity index (χ0n) is 7.70. The van der Waals surface area contributed by atoms with Gasteiger partial charge in [-0.3, -0.25) is 0 Å². The van der Waals surface area contributed by atoms with Gasteiger partial charge in [0.25, 0.3) is 0 Å². The topological polar surface area (TPSA) is 87.6 Å². The SMILES string of the molecule is N#Cc1cc(CO)ccc1-n1cnnn1. The Balaban J connectivity index is 2.54. The van der Waals surface area contributed by atoms with Crippen LogP contribution in [0.15, 0.2) is 24.5 Å². The largest absolute Gasteiger partial charge is 0.392 e. The average molecular weight is 201 g/mol. The number of aliphatic hydroxyl groups is 1. The smallest absolute Gasteiger partial charge is 0.143 e. The third-order valence-electron chi connectivity index (χ3n) is 1.96. The minimum absolute atomic E-state index is 0.0927. The molecule has 0 unspecified atom stereocenters. The van der Waals surface area contributed by atoms with Crippen molar-refractivity contribution in [3.8, 4) is 11.8 Å². The van der Waals surface area contributed by atoms with Crippen LogP contribution < -0.4 is 0 Å². The van der Waals surface area contributed by atoms with E-state index >= 15 is 0 Å². The lowest BCUT2D eigenvalue weighted by Gasteiger charge is -2.03. The van der Waals surface area contributed by atoms with Gasteiger partial charge in [0.2, 0.25) is 0 Å². The summed E-state index contributed by atoms with van der Waals surface area (Å²) in [6.07, 6.45) is 1.41. The van der Waals surface area contributed by atoms with Gasteiger partial charge in [0.15, 0.2) is 0 Å². The molecule has 15 heavy (non-hydrogen) atoms. The molecule has 2 rings (SSSR count). The first-order valence-corrected chi connectivity index (χ1v) is 4.22. The first-order chi connectivity index (χ1) is 7.35. The van der Waals surface area contributed by atoms with E-state index in [1.54, 1.807) is 18.2 Å². The molecular formula is C9H7N5O. The molecule has 0 fully saturated rings. The van der Waals surface area contributed by atoms with Gasteiger partial charge in [0.05, 0.1) is 17.9 Å². The van der Waals surface area contributed by atoms with E-state index in [1.807, 2.05) is 6.07 Å². The van der Waals surface area contributed by atoms with Gasteiger partial charge in [0.1, 0.15) is 12.4 Å². The molecule has 0 aliphatic heterocycles. The molecule has 1 heterocycles. The number of rotatable bonds is 2.